The van der Waals surface area contributed by atoms with Gasteiger partial charge in [0.25, 0.3) is 0 Å². The van der Waals surface area contributed by atoms with Gasteiger partial charge in [-0.25, -0.2) is 4.79 Å². The molecule has 0 spiro atoms. The predicted octanol–water partition coefficient (Wildman–Crippen LogP) is 8.13. The minimum atomic E-state index is -0.944. The number of unbranched alkanes of at least 4 members (excludes halogenated alkanes) is 16. The van der Waals surface area contributed by atoms with Gasteiger partial charge in [0.15, 0.2) is 0 Å². The summed E-state index contributed by atoms with van der Waals surface area (Å²) in [7, 11) is 0. The first kappa shape index (κ1) is 41.5. The maximum absolute atomic E-state index is 11.9. The third kappa shape index (κ3) is 29.6. The summed E-state index contributed by atoms with van der Waals surface area (Å²) in [5, 5.41) is 0. The Kier molecular flexibility index (Phi) is 30.2. The van der Waals surface area contributed by atoms with Crippen LogP contribution >= 0.6 is 0 Å². The van der Waals surface area contributed by atoms with E-state index >= 15 is 0 Å². The lowest BCUT2D eigenvalue weighted by Crippen LogP contribution is -2.19. The zero-order valence-electron chi connectivity index (χ0n) is 28.0. The van der Waals surface area contributed by atoms with Crippen molar-refractivity contribution in [3.05, 3.63) is 0 Å². The molecule has 9 heteroatoms. The van der Waals surface area contributed by atoms with Gasteiger partial charge >= 0.3 is 23.9 Å². The molecule has 0 bridgehead atoms. The van der Waals surface area contributed by atoms with E-state index < -0.39 is 17.7 Å². The molecule has 0 atom stereocenters. The van der Waals surface area contributed by atoms with Crippen molar-refractivity contribution < 1.29 is 42.9 Å². The third-order valence-corrected chi connectivity index (χ3v) is 7.35. The lowest BCUT2D eigenvalue weighted by Gasteiger charge is -2.07. The van der Waals surface area contributed by atoms with Crippen LogP contribution in [0.5, 0.6) is 0 Å². The minimum Gasteiger partial charge on any atom is -0.466 e. The minimum absolute atomic E-state index is 0.107. The maximum atomic E-state index is 11.9. The van der Waals surface area contributed by atoms with Crippen LogP contribution in [0.25, 0.3) is 0 Å². The van der Waals surface area contributed by atoms with Crippen molar-refractivity contribution in [2.45, 2.75) is 168 Å². The highest BCUT2D eigenvalue weighted by molar-refractivity contribution is 6.33. The number of Topliss-reactive ketones (excluding diaryl/α,β-unsaturated/α-hetero) is 1. The van der Waals surface area contributed by atoms with Crippen LogP contribution in [-0.2, 0) is 42.9 Å². The number of carbonyl (C=O) groups excluding carboxylic acids is 5. The van der Waals surface area contributed by atoms with E-state index in [1.54, 1.807) is 0 Å². The van der Waals surface area contributed by atoms with Gasteiger partial charge in [-0.15, -0.1) is 0 Å². The largest absolute Gasteiger partial charge is 0.466 e. The molecular formula is C35H62O9. The van der Waals surface area contributed by atoms with Crippen molar-refractivity contribution in [3.63, 3.8) is 0 Å². The molecule has 256 valence electrons. The van der Waals surface area contributed by atoms with Crippen molar-refractivity contribution in [2.24, 2.45) is 0 Å². The summed E-state index contributed by atoms with van der Waals surface area (Å²) in [6.45, 7) is 5.43. The second-order valence-electron chi connectivity index (χ2n) is 11.6. The quantitative estimate of drug-likeness (QED) is 0.0315. The van der Waals surface area contributed by atoms with Gasteiger partial charge in [0.05, 0.1) is 32.8 Å². The molecule has 0 aliphatic heterocycles. The summed E-state index contributed by atoms with van der Waals surface area (Å²) in [6, 6.07) is 0. The highest BCUT2D eigenvalue weighted by Crippen LogP contribution is 2.10. The number of esters is 4. The van der Waals surface area contributed by atoms with Crippen LogP contribution in [-0.4, -0.2) is 56.1 Å². The van der Waals surface area contributed by atoms with Crippen LogP contribution in [0.15, 0.2) is 0 Å². The Morgan fingerprint density at radius 1 is 0.341 bits per heavy atom. The lowest BCUT2D eigenvalue weighted by molar-refractivity contribution is -0.155. The fourth-order valence-corrected chi connectivity index (χ4v) is 4.55. The molecule has 0 aromatic heterocycles. The van der Waals surface area contributed by atoms with Gasteiger partial charge < -0.3 is 18.9 Å². The lowest BCUT2D eigenvalue weighted by atomic mass is 10.1. The van der Waals surface area contributed by atoms with E-state index in [0.29, 0.717) is 58.2 Å². The van der Waals surface area contributed by atoms with E-state index in [4.69, 9.17) is 18.9 Å². The second-order valence-corrected chi connectivity index (χ2v) is 11.6. The van der Waals surface area contributed by atoms with Crippen LogP contribution < -0.4 is 0 Å². The maximum Gasteiger partial charge on any atom is 0.374 e. The molecule has 0 saturated carbocycles. The summed E-state index contributed by atoms with van der Waals surface area (Å²) in [4.78, 5) is 59.1. The molecule has 0 fully saturated rings. The van der Waals surface area contributed by atoms with E-state index in [1.807, 2.05) is 0 Å². The standard InChI is InChI=1S/C35H62O9/c1-3-5-7-9-11-13-17-23-32(37)41-27-19-15-20-29-43-34(39)26-25-31(36)35(40)44-30-22-16-21-28-42-33(38)24-18-14-12-10-8-6-4-2/h3-30H2,1-2H3. The number of ketones is 1. The molecule has 0 radical (unpaired) electrons. The first-order chi connectivity index (χ1) is 21.4. The van der Waals surface area contributed by atoms with E-state index in [9.17, 15) is 24.0 Å². The SMILES string of the molecule is CCCCCCCCCC(=O)OCCCCCOC(=O)CCC(=O)C(=O)OCCCCCOC(=O)CCCCCCCCC. The second kappa shape index (κ2) is 32.0. The van der Waals surface area contributed by atoms with E-state index in [2.05, 4.69) is 13.8 Å². The van der Waals surface area contributed by atoms with E-state index in [0.717, 1.165) is 32.1 Å². The molecular weight excluding hydrogens is 564 g/mol. The van der Waals surface area contributed by atoms with Crippen LogP contribution in [0.4, 0.5) is 0 Å². The molecule has 44 heavy (non-hydrogen) atoms. The van der Waals surface area contributed by atoms with Crippen LogP contribution in [0.1, 0.15) is 168 Å². The average Bonchev–Trinajstić information content (AvgIpc) is 3.01. The smallest absolute Gasteiger partial charge is 0.374 e. The normalized spacial score (nSPS) is 10.8. The predicted molar refractivity (Wildman–Crippen MR) is 171 cm³/mol. The fraction of sp³-hybridized carbons (Fsp3) is 0.857. The fourth-order valence-electron chi connectivity index (χ4n) is 4.55. The molecule has 0 aromatic carbocycles. The first-order valence-corrected chi connectivity index (χ1v) is 17.6. The summed E-state index contributed by atoms with van der Waals surface area (Å²) in [5.41, 5.74) is 0. The molecule has 0 amide bonds. The van der Waals surface area contributed by atoms with Gasteiger partial charge in [0.1, 0.15) is 0 Å². The molecule has 0 aromatic rings. The molecule has 0 unspecified atom stereocenters. The molecule has 0 aliphatic rings. The van der Waals surface area contributed by atoms with Crippen molar-refractivity contribution in [3.8, 4) is 0 Å². The van der Waals surface area contributed by atoms with Crippen molar-refractivity contribution >= 4 is 29.7 Å². The van der Waals surface area contributed by atoms with Crippen LogP contribution in [0, 0.1) is 0 Å². The van der Waals surface area contributed by atoms with E-state index in [-0.39, 0.29) is 38.0 Å². The number of carbonyl (C=O) groups is 5. The molecule has 0 saturated heterocycles. The topological polar surface area (TPSA) is 122 Å². The Morgan fingerprint density at radius 3 is 1.07 bits per heavy atom. The summed E-state index contributed by atoms with van der Waals surface area (Å²) in [6.07, 6.45) is 20.8. The van der Waals surface area contributed by atoms with Gasteiger partial charge in [0.2, 0.25) is 5.78 Å². The molecule has 0 rings (SSSR count). The number of ether oxygens (including phenoxy) is 4. The molecule has 0 aliphatic carbocycles. The number of hydrogen-bond acceptors (Lipinski definition) is 9. The first-order valence-electron chi connectivity index (χ1n) is 17.6. The zero-order chi connectivity index (χ0) is 32.5. The Bertz CT molecular complexity index is 750. The average molecular weight is 627 g/mol. The molecule has 9 nitrogen and oxygen atoms in total. The molecule has 0 heterocycles. The highest BCUT2D eigenvalue weighted by atomic mass is 16.5. The highest BCUT2D eigenvalue weighted by Gasteiger charge is 2.17. The number of hydrogen-bond donors (Lipinski definition) is 0. The van der Waals surface area contributed by atoms with Gasteiger partial charge in [-0.1, -0.05) is 90.9 Å². The van der Waals surface area contributed by atoms with Crippen molar-refractivity contribution in [1.29, 1.82) is 0 Å². The Balaban J connectivity index is 3.55. The van der Waals surface area contributed by atoms with Crippen molar-refractivity contribution in [1.82, 2.24) is 0 Å². The Labute approximate surface area is 266 Å². The van der Waals surface area contributed by atoms with Gasteiger partial charge in [-0.2, -0.15) is 0 Å². The zero-order valence-corrected chi connectivity index (χ0v) is 28.0. The Hall–Kier alpha value is -2.45. The van der Waals surface area contributed by atoms with E-state index in [1.165, 1.54) is 64.2 Å². The summed E-state index contributed by atoms with van der Waals surface area (Å²) < 4.78 is 20.6. The summed E-state index contributed by atoms with van der Waals surface area (Å²) >= 11 is 0. The third-order valence-electron chi connectivity index (χ3n) is 7.35. The van der Waals surface area contributed by atoms with Gasteiger partial charge in [0, 0.05) is 19.3 Å². The summed E-state index contributed by atoms with van der Waals surface area (Å²) in [5.74, 6) is -2.55. The van der Waals surface area contributed by atoms with Crippen LogP contribution in [0.3, 0.4) is 0 Å². The van der Waals surface area contributed by atoms with Crippen molar-refractivity contribution in [2.75, 3.05) is 26.4 Å². The monoisotopic (exact) mass is 626 g/mol. The Morgan fingerprint density at radius 2 is 0.659 bits per heavy atom. The molecule has 0 N–H and O–H groups in total. The van der Waals surface area contributed by atoms with Gasteiger partial charge in [-0.05, 0) is 51.4 Å². The van der Waals surface area contributed by atoms with Gasteiger partial charge in [-0.3, -0.25) is 19.2 Å². The number of rotatable bonds is 32. The van der Waals surface area contributed by atoms with Crippen LogP contribution in [0.2, 0.25) is 0 Å².